The molecule has 0 aliphatic carbocycles. The fraction of sp³-hybridized carbons (Fsp3) is 0.185. The van der Waals surface area contributed by atoms with Gasteiger partial charge >= 0.3 is 0 Å². The van der Waals surface area contributed by atoms with Crippen LogP contribution < -0.4 is 24.1 Å². The molecule has 1 aliphatic rings. The number of hydrogen-bond acceptors (Lipinski definition) is 4. The first-order valence-corrected chi connectivity index (χ1v) is 10.9. The number of benzene rings is 3. The first kappa shape index (κ1) is 21.7. The van der Waals surface area contributed by atoms with Crippen LogP contribution >= 0.6 is 0 Å². The summed E-state index contributed by atoms with van der Waals surface area (Å²) >= 11 is 0. The van der Waals surface area contributed by atoms with Crippen LogP contribution in [0.15, 0.2) is 60.8 Å². The lowest BCUT2D eigenvalue weighted by Gasteiger charge is -2.19. The van der Waals surface area contributed by atoms with E-state index >= 15 is 0 Å². The quantitative estimate of drug-likeness (QED) is 0.437. The van der Waals surface area contributed by atoms with E-state index in [1.165, 1.54) is 29.8 Å². The number of anilines is 1. The highest BCUT2D eigenvalue weighted by molar-refractivity contribution is 6.10. The number of amides is 1. The number of nitrogens with zero attached hydrogens (tertiary/aromatic N) is 1. The van der Waals surface area contributed by atoms with Gasteiger partial charge in [-0.2, -0.15) is 4.57 Å². The van der Waals surface area contributed by atoms with Crippen LogP contribution in [0.1, 0.15) is 15.9 Å². The number of rotatable bonds is 5. The number of fused-ring (bicyclic) bond motifs is 4. The second kappa shape index (κ2) is 8.67. The van der Waals surface area contributed by atoms with Gasteiger partial charge in [-0.05, 0) is 53.4 Å². The standard InChI is InChI=1S/C27H23FN2O4/c1-32-23-9-6-17-12-22-20-14-25(34-3)24(33-2)13-18(20)10-11-30(22)15-21(17)26(23)29-27(31)16-4-7-19(28)8-5-16/h4-9,12-15H,10-11H2,1-3H3/p+1. The van der Waals surface area contributed by atoms with Crippen LogP contribution in [0.3, 0.4) is 0 Å². The average molecular weight is 459 g/mol. The van der Waals surface area contributed by atoms with Gasteiger partial charge in [0.1, 0.15) is 11.6 Å². The lowest BCUT2D eigenvalue weighted by Crippen LogP contribution is -2.40. The molecule has 0 unspecified atom stereocenters. The molecule has 1 aromatic heterocycles. The second-order valence-corrected chi connectivity index (χ2v) is 8.07. The molecule has 0 atom stereocenters. The van der Waals surface area contributed by atoms with Crippen molar-refractivity contribution in [3.05, 3.63) is 77.7 Å². The number of methoxy groups -OCH3 is 3. The number of ether oxygens (including phenoxy) is 3. The number of pyridine rings is 1. The molecule has 4 aromatic rings. The van der Waals surface area contributed by atoms with E-state index in [9.17, 15) is 9.18 Å². The Bertz CT molecular complexity index is 1420. The van der Waals surface area contributed by atoms with Gasteiger partial charge in [0.15, 0.2) is 24.2 Å². The normalized spacial score (nSPS) is 12.0. The first-order valence-electron chi connectivity index (χ1n) is 10.9. The van der Waals surface area contributed by atoms with Crippen LogP contribution in [-0.4, -0.2) is 27.2 Å². The van der Waals surface area contributed by atoms with Crippen LogP contribution in [0.4, 0.5) is 10.1 Å². The molecule has 0 fully saturated rings. The van der Waals surface area contributed by atoms with Gasteiger partial charge in [0.25, 0.3) is 5.91 Å². The summed E-state index contributed by atoms with van der Waals surface area (Å²) < 4.78 is 32.0. The molecular formula is C27H24FN2O4+. The summed E-state index contributed by atoms with van der Waals surface area (Å²) in [6.45, 7) is 0.774. The van der Waals surface area contributed by atoms with Gasteiger partial charge in [-0.1, -0.05) is 6.07 Å². The summed E-state index contributed by atoms with van der Waals surface area (Å²) in [7, 11) is 4.83. The number of carbonyl (C=O) groups excluding carboxylic acids is 1. The smallest absolute Gasteiger partial charge is 0.255 e. The molecule has 0 saturated carbocycles. The fourth-order valence-electron chi connectivity index (χ4n) is 4.45. The number of nitrogens with one attached hydrogen (secondary N) is 1. The number of hydrogen-bond donors (Lipinski definition) is 1. The molecule has 0 radical (unpaired) electrons. The Morgan fingerprint density at radius 1 is 0.912 bits per heavy atom. The Hall–Kier alpha value is -4.13. The molecule has 5 rings (SSSR count). The Labute approximate surface area is 196 Å². The Morgan fingerprint density at radius 2 is 1.62 bits per heavy atom. The predicted octanol–water partition coefficient (Wildman–Crippen LogP) is 4.77. The van der Waals surface area contributed by atoms with E-state index in [1.54, 1.807) is 21.3 Å². The van der Waals surface area contributed by atoms with E-state index in [-0.39, 0.29) is 5.91 Å². The zero-order valence-corrected chi connectivity index (χ0v) is 19.1. The number of aromatic nitrogens is 1. The largest absolute Gasteiger partial charge is 0.495 e. The maximum atomic E-state index is 13.3. The molecule has 7 heteroatoms. The maximum Gasteiger partial charge on any atom is 0.255 e. The lowest BCUT2D eigenvalue weighted by atomic mass is 9.95. The topological polar surface area (TPSA) is 60.7 Å². The van der Waals surface area contributed by atoms with Crippen molar-refractivity contribution in [2.75, 3.05) is 26.6 Å². The zero-order valence-electron chi connectivity index (χ0n) is 19.1. The van der Waals surface area contributed by atoms with E-state index in [2.05, 4.69) is 16.0 Å². The molecular weight excluding hydrogens is 435 g/mol. The summed E-state index contributed by atoms with van der Waals surface area (Å²) in [6.07, 6.45) is 2.87. The third kappa shape index (κ3) is 3.69. The predicted molar refractivity (Wildman–Crippen MR) is 127 cm³/mol. The Kier molecular flexibility index (Phi) is 5.53. The van der Waals surface area contributed by atoms with Crippen molar-refractivity contribution in [2.45, 2.75) is 13.0 Å². The van der Waals surface area contributed by atoms with Gasteiger partial charge in [-0.3, -0.25) is 4.79 Å². The number of aryl methyl sites for hydroxylation is 2. The van der Waals surface area contributed by atoms with Crippen molar-refractivity contribution < 1.29 is 28.0 Å². The van der Waals surface area contributed by atoms with Crippen molar-refractivity contribution in [3.8, 4) is 28.5 Å². The Morgan fingerprint density at radius 3 is 2.32 bits per heavy atom. The lowest BCUT2D eigenvalue weighted by molar-refractivity contribution is -0.686. The third-order valence-corrected chi connectivity index (χ3v) is 6.20. The van der Waals surface area contributed by atoms with Crippen LogP contribution in [0.5, 0.6) is 17.2 Å². The molecule has 2 heterocycles. The van der Waals surface area contributed by atoms with Crippen LogP contribution in [0.25, 0.3) is 22.0 Å². The average Bonchev–Trinajstić information content (AvgIpc) is 2.87. The van der Waals surface area contributed by atoms with E-state index in [4.69, 9.17) is 14.2 Å². The zero-order chi connectivity index (χ0) is 23.8. The SMILES string of the molecule is COc1cc2c(cc1OC)-c1cc3ccc(OC)c(NC(=O)c4ccc(F)cc4)c3c[n+]1CC2. The molecule has 0 bridgehead atoms. The van der Waals surface area contributed by atoms with Crippen molar-refractivity contribution in [1.82, 2.24) is 0 Å². The summed E-state index contributed by atoms with van der Waals surface area (Å²) in [5.74, 6) is 1.21. The molecule has 0 spiro atoms. The summed E-state index contributed by atoms with van der Waals surface area (Å²) in [6, 6.07) is 15.4. The van der Waals surface area contributed by atoms with Gasteiger partial charge in [0, 0.05) is 18.1 Å². The van der Waals surface area contributed by atoms with Gasteiger partial charge in [0.2, 0.25) is 5.69 Å². The van der Waals surface area contributed by atoms with E-state index < -0.39 is 5.82 Å². The van der Waals surface area contributed by atoms with E-state index in [0.29, 0.717) is 28.5 Å². The third-order valence-electron chi connectivity index (χ3n) is 6.20. The summed E-state index contributed by atoms with van der Waals surface area (Å²) in [4.78, 5) is 12.9. The van der Waals surface area contributed by atoms with Crippen molar-refractivity contribution >= 4 is 22.4 Å². The second-order valence-electron chi connectivity index (χ2n) is 8.07. The van der Waals surface area contributed by atoms with Crippen LogP contribution in [0.2, 0.25) is 0 Å². The number of carbonyl (C=O) groups is 1. The number of halogens is 1. The van der Waals surface area contributed by atoms with Gasteiger partial charge in [-0.25, -0.2) is 4.39 Å². The fourth-order valence-corrected chi connectivity index (χ4v) is 4.45. The highest BCUT2D eigenvalue weighted by Gasteiger charge is 2.27. The molecule has 3 aromatic carbocycles. The van der Waals surface area contributed by atoms with E-state index in [1.807, 2.05) is 30.5 Å². The maximum absolute atomic E-state index is 13.3. The minimum absolute atomic E-state index is 0.337. The van der Waals surface area contributed by atoms with Gasteiger partial charge in [0.05, 0.1) is 38.0 Å². The van der Waals surface area contributed by atoms with Crippen molar-refractivity contribution in [3.63, 3.8) is 0 Å². The molecule has 172 valence electrons. The molecule has 34 heavy (non-hydrogen) atoms. The minimum atomic E-state index is -0.392. The van der Waals surface area contributed by atoms with Crippen LogP contribution in [0, 0.1) is 5.82 Å². The highest BCUT2D eigenvalue weighted by Crippen LogP contribution is 2.39. The summed E-state index contributed by atoms with van der Waals surface area (Å²) in [5, 5.41) is 4.76. The van der Waals surface area contributed by atoms with Gasteiger partial charge < -0.3 is 19.5 Å². The Balaban J connectivity index is 1.62. The summed E-state index contributed by atoms with van der Waals surface area (Å²) in [5.41, 5.74) is 4.26. The van der Waals surface area contributed by atoms with E-state index in [0.717, 1.165) is 35.0 Å². The molecule has 0 saturated heterocycles. The molecule has 6 nitrogen and oxygen atoms in total. The van der Waals surface area contributed by atoms with Crippen molar-refractivity contribution in [1.29, 1.82) is 0 Å². The molecule has 1 N–H and O–H groups in total. The molecule has 1 aliphatic heterocycles. The van der Waals surface area contributed by atoms with Crippen molar-refractivity contribution in [2.24, 2.45) is 0 Å². The van der Waals surface area contributed by atoms with Gasteiger partial charge in [-0.15, -0.1) is 0 Å². The highest BCUT2D eigenvalue weighted by atomic mass is 19.1. The molecule has 1 amide bonds. The van der Waals surface area contributed by atoms with Crippen LogP contribution in [-0.2, 0) is 13.0 Å². The minimum Gasteiger partial charge on any atom is -0.495 e. The monoisotopic (exact) mass is 459 g/mol. The first-order chi connectivity index (χ1) is 16.5.